The number of nitrogens with two attached hydrogens (primary N) is 1. The van der Waals surface area contributed by atoms with E-state index in [0.29, 0.717) is 0 Å². The Labute approximate surface area is 112 Å². The number of nitrogens with zero attached hydrogens (tertiary/aromatic N) is 1. The highest BCUT2D eigenvalue weighted by molar-refractivity contribution is 8.25. The van der Waals surface area contributed by atoms with Crippen LogP contribution in [-0.2, 0) is 22.6 Å². The average molecular weight is 310 g/mol. The van der Waals surface area contributed by atoms with Crippen LogP contribution >= 0.6 is 11.8 Å². The molecule has 0 bridgehead atoms. The zero-order valence-corrected chi connectivity index (χ0v) is 11.0. The van der Waals surface area contributed by atoms with Gasteiger partial charge in [0.15, 0.2) is 5.17 Å². The number of hydrogen-bond donors (Lipinski definition) is 1. The van der Waals surface area contributed by atoms with Crippen LogP contribution in [0.15, 0.2) is 28.7 Å². The molecule has 104 valence electrons. The molecule has 0 saturated heterocycles. The minimum atomic E-state index is -4.45. The number of alkyl halides is 3. The summed E-state index contributed by atoms with van der Waals surface area (Å²) in [6.07, 6.45) is -4.52. The van der Waals surface area contributed by atoms with Crippen molar-refractivity contribution in [2.45, 2.75) is 17.2 Å². The molecular formula is C10H9F3N2O2S2. The Kier molecular flexibility index (Phi) is 3.52. The first kappa shape index (κ1) is 14.2. The van der Waals surface area contributed by atoms with Crippen molar-refractivity contribution in [2.24, 2.45) is 10.1 Å². The summed E-state index contributed by atoms with van der Waals surface area (Å²) < 4.78 is 63.0. The quantitative estimate of drug-likeness (QED) is 0.906. The largest absolute Gasteiger partial charge is 0.416 e. The summed E-state index contributed by atoms with van der Waals surface area (Å²) in [4.78, 5) is 0. The van der Waals surface area contributed by atoms with Crippen molar-refractivity contribution in [1.29, 1.82) is 0 Å². The van der Waals surface area contributed by atoms with E-state index in [1.54, 1.807) is 0 Å². The fraction of sp³-hybridized carbons (Fsp3) is 0.300. The Bertz CT molecular complexity index is 626. The predicted molar refractivity (Wildman–Crippen MR) is 67.1 cm³/mol. The number of halogens is 3. The molecule has 1 unspecified atom stereocenters. The molecule has 0 aromatic heterocycles. The van der Waals surface area contributed by atoms with Gasteiger partial charge in [0, 0.05) is 6.42 Å². The third-order valence-corrected chi connectivity index (χ3v) is 5.64. The molecule has 0 aliphatic carbocycles. The van der Waals surface area contributed by atoms with E-state index >= 15 is 0 Å². The molecule has 0 radical (unpaired) electrons. The van der Waals surface area contributed by atoms with Crippen molar-refractivity contribution in [1.82, 2.24) is 0 Å². The van der Waals surface area contributed by atoms with Crippen LogP contribution in [0.3, 0.4) is 0 Å². The molecule has 1 aromatic rings. The molecule has 0 amide bonds. The Morgan fingerprint density at radius 3 is 2.58 bits per heavy atom. The van der Waals surface area contributed by atoms with Crippen LogP contribution in [0.4, 0.5) is 13.2 Å². The molecular weight excluding hydrogens is 301 g/mol. The topological polar surface area (TPSA) is 72.5 Å². The van der Waals surface area contributed by atoms with Crippen LogP contribution in [0.5, 0.6) is 0 Å². The summed E-state index contributed by atoms with van der Waals surface area (Å²) >= 11 is 0.839. The maximum Gasteiger partial charge on any atom is 0.416 e. The molecule has 9 heteroatoms. The molecule has 1 aliphatic rings. The minimum absolute atomic E-state index is 0.0683. The lowest BCUT2D eigenvalue weighted by molar-refractivity contribution is -0.137. The van der Waals surface area contributed by atoms with Crippen molar-refractivity contribution >= 4 is 27.0 Å². The summed E-state index contributed by atoms with van der Waals surface area (Å²) in [5.41, 5.74) is 4.78. The molecule has 1 aliphatic heterocycles. The van der Waals surface area contributed by atoms with E-state index in [-0.39, 0.29) is 17.2 Å². The normalized spacial score (nSPS) is 22.3. The van der Waals surface area contributed by atoms with Crippen molar-refractivity contribution in [3.63, 3.8) is 0 Å². The van der Waals surface area contributed by atoms with Gasteiger partial charge in [-0.2, -0.15) is 13.2 Å². The SMILES string of the molecule is NC1=NS(=O)(=O)C(Cc2cccc(C(F)(F)F)c2)S1. The van der Waals surface area contributed by atoms with Gasteiger partial charge in [-0.1, -0.05) is 30.0 Å². The summed E-state index contributed by atoms with van der Waals surface area (Å²) in [5, 5.41) is -0.0861. The third kappa shape index (κ3) is 3.21. The Morgan fingerprint density at radius 1 is 1.37 bits per heavy atom. The van der Waals surface area contributed by atoms with Gasteiger partial charge in [0.2, 0.25) is 0 Å². The zero-order valence-electron chi connectivity index (χ0n) is 9.39. The molecule has 1 heterocycles. The average Bonchev–Trinajstić information content (AvgIpc) is 2.51. The first-order valence-corrected chi connectivity index (χ1v) is 7.49. The summed E-state index contributed by atoms with van der Waals surface area (Å²) in [6, 6.07) is 4.56. The monoisotopic (exact) mass is 310 g/mol. The van der Waals surface area contributed by atoms with E-state index in [9.17, 15) is 21.6 Å². The summed E-state index contributed by atoms with van der Waals surface area (Å²) in [7, 11) is -3.74. The van der Waals surface area contributed by atoms with Gasteiger partial charge in [0.1, 0.15) is 4.58 Å². The maximum atomic E-state index is 12.5. The standard InChI is InChI=1S/C10H9F3N2O2S2/c11-10(12,13)7-3-1-2-6(4-7)5-8-18-9(14)15-19(8,16)17/h1-4,8H,5H2,(H2,14,15). The van der Waals surface area contributed by atoms with Gasteiger partial charge in [-0.25, -0.2) is 8.42 Å². The smallest absolute Gasteiger partial charge is 0.378 e. The summed E-state index contributed by atoms with van der Waals surface area (Å²) in [5.74, 6) is 0. The molecule has 2 rings (SSSR count). The fourth-order valence-corrected chi connectivity index (χ4v) is 4.33. The third-order valence-electron chi connectivity index (χ3n) is 2.46. The molecule has 1 aromatic carbocycles. The van der Waals surface area contributed by atoms with Crippen molar-refractivity contribution in [3.05, 3.63) is 35.4 Å². The molecule has 1 atom stereocenters. The highest BCUT2D eigenvalue weighted by Gasteiger charge is 2.35. The van der Waals surface area contributed by atoms with Crippen molar-refractivity contribution in [2.75, 3.05) is 0 Å². The number of benzene rings is 1. The van der Waals surface area contributed by atoms with E-state index in [0.717, 1.165) is 23.9 Å². The van der Waals surface area contributed by atoms with Crippen LogP contribution in [-0.4, -0.2) is 18.2 Å². The summed E-state index contributed by atoms with van der Waals surface area (Å²) in [6.45, 7) is 0. The number of hydrogen-bond acceptors (Lipinski definition) is 4. The second-order valence-corrected chi connectivity index (χ2v) is 7.20. The van der Waals surface area contributed by atoms with Gasteiger partial charge in [0.25, 0.3) is 10.0 Å². The number of thioether (sulfide) groups is 1. The van der Waals surface area contributed by atoms with Gasteiger partial charge >= 0.3 is 6.18 Å². The molecule has 2 N–H and O–H groups in total. The zero-order chi connectivity index (χ0) is 14.3. The van der Waals surface area contributed by atoms with Gasteiger partial charge in [-0.3, -0.25) is 0 Å². The number of sulfonamides is 1. The lowest BCUT2D eigenvalue weighted by Crippen LogP contribution is -2.15. The lowest BCUT2D eigenvalue weighted by atomic mass is 10.1. The van der Waals surface area contributed by atoms with Gasteiger partial charge in [0.05, 0.1) is 5.56 Å². The van der Waals surface area contributed by atoms with Crippen LogP contribution in [0, 0.1) is 0 Å². The fourth-order valence-electron chi connectivity index (χ4n) is 1.62. The number of rotatable bonds is 2. The van der Waals surface area contributed by atoms with Crippen molar-refractivity contribution in [3.8, 4) is 0 Å². The molecule has 19 heavy (non-hydrogen) atoms. The van der Waals surface area contributed by atoms with Gasteiger partial charge < -0.3 is 5.73 Å². The van der Waals surface area contributed by atoms with Crippen LogP contribution in [0.2, 0.25) is 0 Å². The molecule has 0 fully saturated rings. The minimum Gasteiger partial charge on any atom is -0.378 e. The van der Waals surface area contributed by atoms with Gasteiger partial charge in [-0.05, 0) is 11.6 Å². The number of amidine groups is 1. The van der Waals surface area contributed by atoms with E-state index in [2.05, 4.69) is 4.40 Å². The maximum absolute atomic E-state index is 12.5. The predicted octanol–water partition coefficient (Wildman–Crippen LogP) is 1.97. The highest BCUT2D eigenvalue weighted by Crippen LogP contribution is 2.32. The van der Waals surface area contributed by atoms with E-state index in [1.807, 2.05) is 0 Å². The second kappa shape index (κ2) is 4.71. The highest BCUT2D eigenvalue weighted by atomic mass is 32.3. The van der Waals surface area contributed by atoms with Crippen LogP contribution in [0.25, 0.3) is 0 Å². The van der Waals surface area contributed by atoms with Crippen LogP contribution in [0.1, 0.15) is 11.1 Å². The first-order valence-electron chi connectivity index (χ1n) is 5.10. The Hall–Kier alpha value is -1.22. The Morgan fingerprint density at radius 2 is 2.05 bits per heavy atom. The Balaban J connectivity index is 2.22. The molecule has 4 nitrogen and oxygen atoms in total. The molecule has 0 spiro atoms. The van der Waals surface area contributed by atoms with E-state index in [4.69, 9.17) is 5.73 Å². The first-order chi connectivity index (χ1) is 8.68. The van der Waals surface area contributed by atoms with Gasteiger partial charge in [-0.15, -0.1) is 4.40 Å². The van der Waals surface area contributed by atoms with Crippen molar-refractivity contribution < 1.29 is 21.6 Å². The van der Waals surface area contributed by atoms with Crippen LogP contribution < -0.4 is 5.73 Å². The molecule has 0 saturated carbocycles. The van der Waals surface area contributed by atoms with E-state index in [1.165, 1.54) is 12.1 Å². The second-order valence-electron chi connectivity index (χ2n) is 3.89. The lowest BCUT2D eigenvalue weighted by Gasteiger charge is -2.10. The van der Waals surface area contributed by atoms with E-state index < -0.39 is 26.3 Å².